The lowest BCUT2D eigenvalue weighted by atomic mass is 9.79. The highest BCUT2D eigenvalue weighted by molar-refractivity contribution is 5.86. The van der Waals surface area contributed by atoms with E-state index in [1.54, 1.807) is 0 Å². The van der Waals surface area contributed by atoms with Crippen LogP contribution in [0, 0.1) is 0 Å². The average molecular weight is 590 g/mol. The summed E-state index contributed by atoms with van der Waals surface area (Å²) in [4.78, 5) is 12.4. The van der Waals surface area contributed by atoms with E-state index in [2.05, 4.69) is 91.5 Å². The van der Waals surface area contributed by atoms with Crippen molar-refractivity contribution in [2.45, 2.75) is 123 Å². The monoisotopic (exact) mass is 589 g/mol. The molecule has 6 heteroatoms. The highest BCUT2D eigenvalue weighted by atomic mass is 16.5. The normalized spacial score (nSPS) is 21.2. The van der Waals surface area contributed by atoms with E-state index in [0.29, 0.717) is 18.0 Å². The predicted molar refractivity (Wildman–Crippen MR) is 180 cm³/mol. The maximum atomic E-state index is 11.4. The molecule has 236 valence electrons. The SMILES string of the molecule is CC(C)(C)c1cc(C=NC2CCCCC2N=Cc2cc(C(C)(C)C)cc(C(C)(C)C)c2O)c(O)c(CN2CCOCC2)c1. The van der Waals surface area contributed by atoms with Crippen molar-refractivity contribution >= 4 is 12.4 Å². The molecule has 2 aromatic carbocycles. The van der Waals surface area contributed by atoms with Crippen LogP contribution in [-0.4, -0.2) is 65.9 Å². The van der Waals surface area contributed by atoms with E-state index in [9.17, 15) is 10.2 Å². The van der Waals surface area contributed by atoms with Gasteiger partial charge in [-0.15, -0.1) is 0 Å². The standard InChI is InChI=1S/C37H55N3O3/c1-35(2,3)28-18-25(33(41)27(20-28)24-40-14-16-43-17-15-40)22-38-31-12-10-11-13-32(31)39-23-26-19-29(36(4,5)6)21-30(34(26)42)37(7,8)9/h18-23,31-32,41-42H,10-17,24H2,1-9H3. The molecule has 4 rings (SSSR count). The van der Waals surface area contributed by atoms with Gasteiger partial charge in [0.2, 0.25) is 0 Å². The minimum absolute atomic E-state index is 0.0282. The van der Waals surface area contributed by atoms with Gasteiger partial charge in [-0.05, 0) is 52.3 Å². The Hall–Kier alpha value is -2.70. The molecule has 0 bridgehead atoms. The number of phenolic OH excluding ortho intramolecular Hbond substituents is 2. The third-order valence-corrected chi connectivity index (χ3v) is 8.90. The van der Waals surface area contributed by atoms with E-state index in [0.717, 1.165) is 74.2 Å². The van der Waals surface area contributed by atoms with Gasteiger partial charge in [0.15, 0.2) is 0 Å². The van der Waals surface area contributed by atoms with Crippen molar-refractivity contribution in [3.05, 3.63) is 57.6 Å². The van der Waals surface area contributed by atoms with E-state index in [1.165, 1.54) is 11.1 Å². The molecule has 2 N–H and O–H groups in total. The number of benzene rings is 2. The number of phenols is 2. The first kappa shape index (κ1) is 33.2. The molecule has 1 saturated carbocycles. The van der Waals surface area contributed by atoms with Gasteiger partial charge in [-0.25, -0.2) is 0 Å². The first-order valence-corrected chi connectivity index (χ1v) is 16.1. The van der Waals surface area contributed by atoms with E-state index < -0.39 is 0 Å². The van der Waals surface area contributed by atoms with Crippen LogP contribution in [0.15, 0.2) is 34.3 Å². The summed E-state index contributed by atoms with van der Waals surface area (Å²) >= 11 is 0. The zero-order valence-corrected chi connectivity index (χ0v) is 28.1. The number of aliphatic imine (C=N–C) groups is 2. The summed E-state index contributed by atoms with van der Waals surface area (Å²) in [6.45, 7) is 23.5. The molecule has 2 fully saturated rings. The first-order valence-electron chi connectivity index (χ1n) is 16.1. The molecule has 0 spiro atoms. The van der Waals surface area contributed by atoms with Crippen molar-refractivity contribution in [2.75, 3.05) is 26.3 Å². The number of hydrogen-bond donors (Lipinski definition) is 2. The Morgan fingerprint density at radius 3 is 1.70 bits per heavy atom. The summed E-state index contributed by atoms with van der Waals surface area (Å²) in [7, 11) is 0. The predicted octanol–water partition coefficient (Wildman–Crippen LogP) is 7.67. The topological polar surface area (TPSA) is 77.7 Å². The Morgan fingerprint density at radius 1 is 0.721 bits per heavy atom. The molecule has 2 aliphatic rings. The summed E-state index contributed by atoms with van der Waals surface area (Å²) in [6.07, 6.45) is 7.89. The number of rotatable bonds is 6. The molecule has 43 heavy (non-hydrogen) atoms. The second kappa shape index (κ2) is 13.1. The molecule has 0 amide bonds. The number of aromatic hydroxyl groups is 2. The fraction of sp³-hybridized carbons (Fsp3) is 0.622. The molecule has 1 saturated heterocycles. The fourth-order valence-electron chi connectivity index (χ4n) is 5.92. The Kier molecular flexibility index (Phi) is 10.1. The first-order chi connectivity index (χ1) is 20.0. The van der Waals surface area contributed by atoms with Gasteiger partial charge >= 0.3 is 0 Å². The smallest absolute Gasteiger partial charge is 0.128 e. The fourth-order valence-corrected chi connectivity index (χ4v) is 5.92. The average Bonchev–Trinajstić information content (AvgIpc) is 2.92. The lowest BCUT2D eigenvalue weighted by Crippen LogP contribution is -2.35. The van der Waals surface area contributed by atoms with Crippen LogP contribution >= 0.6 is 0 Å². The third-order valence-electron chi connectivity index (χ3n) is 8.90. The van der Waals surface area contributed by atoms with Crippen LogP contribution in [0.3, 0.4) is 0 Å². The summed E-state index contributed by atoms with van der Waals surface area (Å²) in [5.74, 6) is 0.634. The Morgan fingerprint density at radius 2 is 1.21 bits per heavy atom. The van der Waals surface area contributed by atoms with Crippen molar-refractivity contribution in [1.82, 2.24) is 4.90 Å². The molecular formula is C37H55N3O3. The summed E-state index contributed by atoms with van der Waals surface area (Å²) in [6, 6.07) is 8.53. The molecule has 0 aromatic heterocycles. The van der Waals surface area contributed by atoms with Crippen molar-refractivity contribution in [1.29, 1.82) is 0 Å². The summed E-state index contributed by atoms with van der Waals surface area (Å²) < 4.78 is 5.53. The Bertz CT molecular complexity index is 1320. The van der Waals surface area contributed by atoms with Crippen molar-refractivity contribution in [3.8, 4) is 11.5 Å². The summed E-state index contributed by atoms with van der Waals surface area (Å²) in [5, 5.41) is 22.6. The molecule has 2 aromatic rings. The van der Waals surface area contributed by atoms with Crippen LogP contribution in [0.5, 0.6) is 11.5 Å². The summed E-state index contributed by atoms with van der Waals surface area (Å²) in [5.41, 5.74) is 5.54. The third kappa shape index (κ3) is 8.48. The van der Waals surface area contributed by atoms with Crippen LogP contribution in [0.1, 0.15) is 121 Å². The van der Waals surface area contributed by atoms with Gasteiger partial charge in [0.1, 0.15) is 11.5 Å². The second-order valence-electron chi connectivity index (χ2n) is 15.6. The number of nitrogens with zero attached hydrogens (tertiary/aromatic N) is 3. The molecule has 0 radical (unpaired) electrons. The van der Waals surface area contributed by atoms with Crippen LogP contribution in [-0.2, 0) is 27.5 Å². The molecule has 1 aliphatic heterocycles. The maximum Gasteiger partial charge on any atom is 0.128 e. The van der Waals surface area contributed by atoms with E-state index in [-0.39, 0.29) is 28.3 Å². The van der Waals surface area contributed by atoms with Gasteiger partial charge in [0, 0.05) is 54.3 Å². The largest absolute Gasteiger partial charge is 0.507 e. The zero-order valence-electron chi connectivity index (χ0n) is 28.1. The van der Waals surface area contributed by atoms with Crippen LogP contribution < -0.4 is 0 Å². The number of morpholine rings is 1. The van der Waals surface area contributed by atoms with Crippen molar-refractivity contribution in [3.63, 3.8) is 0 Å². The Balaban J connectivity index is 1.64. The quantitative estimate of drug-likeness (QED) is 0.339. The van der Waals surface area contributed by atoms with Crippen molar-refractivity contribution in [2.24, 2.45) is 9.98 Å². The van der Waals surface area contributed by atoms with Gasteiger partial charge in [-0.1, -0.05) is 87.3 Å². The van der Waals surface area contributed by atoms with Gasteiger partial charge < -0.3 is 14.9 Å². The van der Waals surface area contributed by atoms with Gasteiger partial charge in [0.25, 0.3) is 0 Å². The van der Waals surface area contributed by atoms with Crippen LogP contribution in [0.4, 0.5) is 0 Å². The molecule has 2 unspecified atom stereocenters. The van der Waals surface area contributed by atoms with E-state index in [1.807, 2.05) is 12.4 Å². The molecular weight excluding hydrogens is 534 g/mol. The van der Waals surface area contributed by atoms with E-state index in [4.69, 9.17) is 14.7 Å². The minimum atomic E-state index is -0.185. The van der Waals surface area contributed by atoms with Crippen LogP contribution in [0.25, 0.3) is 0 Å². The van der Waals surface area contributed by atoms with Crippen molar-refractivity contribution < 1.29 is 14.9 Å². The van der Waals surface area contributed by atoms with E-state index >= 15 is 0 Å². The minimum Gasteiger partial charge on any atom is -0.507 e. The van der Waals surface area contributed by atoms with Gasteiger partial charge in [-0.3, -0.25) is 14.9 Å². The van der Waals surface area contributed by atoms with Gasteiger partial charge in [0.05, 0.1) is 25.3 Å². The number of ether oxygens (including phenoxy) is 1. The van der Waals surface area contributed by atoms with Gasteiger partial charge in [-0.2, -0.15) is 0 Å². The maximum absolute atomic E-state index is 11.4. The molecule has 1 aliphatic carbocycles. The lowest BCUT2D eigenvalue weighted by Gasteiger charge is -2.29. The number of hydrogen-bond acceptors (Lipinski definition) is 6. The zero-order chi connectivity index (χ0) is 31.6. The lowest BCUT2D eigenvalue weighted by molar-refractivity contribution is 0.0338. The Labute approximate surface area is 260 Å². The highest BCUT2D eigenvalue weighted by Gasteiger charge is 2.27. The molecule has 6 nitrogen and oxygen atoms in total. The molecule has 2 atom stereocenters. The second-order valence-corrected chi connectivity index (χ2v) is 15.6. The van der Waals surface area contributed by atoms with Crippen LogP contribution in [0.2, 0.25) is 0 Å². The molecule has 1 heterocycles. The highest BCUT2D eigenvalue weighted by Crippen LogP contribution is 2.37.